The van der Waals surface area contributed by atoms with Gasteiger partial charge in [0.15, 0.2) is 11.5 Å². The minimum absolute atomic E-state index is 0.179. The number of halogens is 1. The van der Waals surface area contributed by atoms with Gasteiger partial charge in [-0.3, -0.25) is 0 Å². The number of aromatic hydroxyl groups is 1. The van der Waals surface area contributed by atoms with Crippen LogP contribution in [0.2, 0.25) is 0 Å². The molecular weight excluding hydrogens is 385 g/mol. The molecular formula is C15H12INO2S. The normalized spacial score (nSPS) is 10.7. The molecule has 0 saturated carbocycles. The maximum Gasteiger partial charge on any atom is 0.205 e. The Labute approximate surface area is 134 Å². The summed E-state index contributed by atoms with van der Waals surface area (Å²) < 4.78 is 6.89. The summed E-state index contributed by atoms with van der Waals surface area (Å²) in [5.74, 6) is 1.27. The molecule has 0 saturated heterocycles. The van der Waals surface area contributed by atoms with E-state index in [1.165, 1.54) is 11.3 Å². The third kappa shape index (κ3) is 2.31. The Bertz CT molecular complexity index is 734. The molecule has 1 aromatic carbocycles. The first-order valence-corrected chi connectivity index (χ1v) is 8.00. The highest BCUT2D eigenvalue weighted by Gasteiger charge is 2.22. The van der Waals surface area contributed by atoms with E-state index >= 15 is 0 Å². The third-order valence-corrected chi connectivity index (χ3v) is 4.51. The van der Waals surface area contributed by atoms with Crippen LogP contribution in [0.3, 0.4) is 0 Å². The van der Waals surface area contributed by atoms with E-state index < -0.39 is 0 Å². The summed E-state index contributed by atoms with van der Waals surface area (Å²) in [6, 6.07) is 11.8. The first-order valence-electron chi connectivity index (χ1n) is 6.04. The van der Waals surface area contributed by atoms with Gasteiger partial charge in [-0.15, -0.1) is 11.3 Å². The van der Waals surface area contributed by atoms with E-state index in [1.807, 2.05) is 41.8 Å². The largest absolute Gasteiger partial charge is 0.504 e. The van der Waals surface area contributed by atoms with Crippen LogP contribution >= 0.6 is 33.9 Å². The molecule has 0 aliphatic rings. The molecule has 0 atom stereocenters. The van der Waals surface area contributed by atoms with Crippen LogP contribution in [0.4, 0.5) is 5.88 Å². The van der Waals surface area contributed by atoms with Gasteiger partial charge in [0.1, 0.15) is 0 Å². The van der Waals surface area contributed by atoms with Crippen molar-refractivity contribution in [1.82, 2.24) is 0 Å². The standard InChI is InChI=1S/C15H12INO2S/c1-17-15-12(9-4-2-5-10(16)8-9)13(18)14(19-15)11-6-3-7-20-11/h2-8,17-18H,1H3. The van der Waals surface area contributed by atoms with E-state index in [0.29, 0.717) is 17.2 Å². The molecule has 2 N–H and O–H groups in total. The zero-order valence-corrected chi connectivity index (χ0v) is 13.7. The molecule has 0 unspecified atom stereocenters. The smallest absolute Gasteiger partial charge is 0.205 e. The highest BCUT2D eigenvalue weighted by atomic mass is 127. The van der Waals surface area contributed by atoms with Gasteiger partial charge in [-0.05, 0) is 51.7 Å². The Morgan fingerprint density at radius 2 is 2.10 bits per heavy atom. The van der Waals surface area contributed by atoms with Crippen molar-refractivity contribution in [3.63, 3.8) is 0 Å². The molecule has 0 aliphatic heterocycles. The van der Waals surface area contributed by atoms with Crippen LogP contribution in [-0.2, 0) is 0 Å². The van der Waals surface area contributed by atoms with E-state index in [0.717, 1.165) is 14.0 Å². The van der Waals surface area contributed by atoms with E-state index in [4.69, 9.17) is 4.42 Å². The monoisotopic (exact) mass is 397 g/mol. The van der Waals surface area contributed by atoms with E-state index in [-0.39, 0.29) is 5.75 Å². The highest BCUT2D eigenvalue weighted by molar-refractivity contribution is 14.1. The maximum absolute atomic E-state index is 10.5. The number of hydrogen-bond acceptors (Lipinski definition) is 4. The van der Waals surface area contributed by atoms with Gasteiger partial charge >= 0.3 is 0 Å². The molecule has 3 aromatic rings. The fourth-order valence-corrected chi connectivity index (χ4v) is 3.33. The van der Waals surface area contributed by atoms with Gasteiger partial charge < -0.3 is 14.8 Å². The summed E-state index contributed by atoms with van der Waals surface area (Å²) >= 11 is 3.79. The topological polar surface area (TPSA) is 45.4 Å². The van der Waals surface area contributed by atoms with Crippen molar-refractivity contribution in [3.05, 3.63) is 45.3 Å². The van der Waals surface area contributed by atoms with Gasteiger partial charge in [-0.1, -0.05) is 18.2 Å². The average molecular weight is 397 g/mol. The maximum atomic E-state index is 10.5. The van der Waals surface area contributed by atoms with Crippen molar-refractivity contribution in [3.8, 4) is 27.5 Å². The molecule has 102 valence electrons. The first kappa shape index (κ1) is 13.5. The van der Waals surface area contributed by atoms with Crippen LogP contribution in [0.1, 0.15) is 0 Å². The zero-order chi connectivity index (χ0) is 14.1. The number of hydrogen-bond donors (Lipinski definition) is 2. The summed E-state index contributed by atoms with van der Waals surface area (Å²) in [6.07, 6.45) is 0. The second-order valence-corrected chi connectivity index (χ2v) is 6.41. The minimum Gasteiger partial charge on any atom is -0.504 e. The van der Waals surface area contributed by atoms with Crippen molar-refractivity contribution in [2.24, 2.45) is 0 Å². The van der Waals surface area contributed by atoms with E-state index in [2.05, 4.69) is 27.9 Å². The summed E-state index contributed by atoms with van der Waals surface area (Å²) in [5, 5.41) is 15.5. The number of nitrogens with one attached hydrogen (secondary N) is 1. The van der Waals surface area contributed by atoms with Crippen LogP contribution < -0.4 is 5.32 Å². The van der Waals surface area contributed by atoms with Crippen molar-refractivity contribution >= 4 is 39.8 Å². The number of anilines is 1. The van der Waals surface area contributed by atoms with Gasteiger partial charge in [0.2, 0.25) is 5.88 Å². The lowest BCUT2D eigenvalue weighted by Crippen LogP contribution is -1.88. The summed E-state index contributed by atoms with van der Waals surface area (Å²) in [7, 11) is 1.79. The van der Waals surface area contributed by atoms with Gasteiger partial charge in [0.05, 0.1) is 10.4 Å². The quantitative estimate of drug-likeness (QED) is 0.610. The van der Waals surface area contributed by atoms with Crippen molar-refractivity contribution in [1.29, 1.82) is 0 Å². The summed E-state index contributed by atoms with van der Waals surface area (Å²) in [4.78, 5) is 0.913. The Morgan fingerprint density at radius 1 is 1.25 bits per heavy atom. The van der Waals surface area contributed by atoms with E-state index in [9.17, 15) is 5.11 Å². The molecule has 0 spiro atoms. The lowest BCUT2D eigenvalue weighted by atomic mass is 10.1. The average Bonchev–Trinajstić information content (AvgIpc) is 3.05. The minimum atomic E-state index is 0.179. The van der Waals surface area contributed by atoms with Crippen LogP contribution in [-0.4, -0.2) is 12.2 Å². The summed E-state index contributed by atoms with van der Waals surface area (Å²) in [6.45, 7) is 0. The Morgan fingerprint density at radius 3 is 2.75 bits per heavy atom. The second-order valence-electron chi connectivity index (χ2n) is 4.22. The number of rotatable bonds is 3. The van der Waals surface area contributed by atoms with Crippen LogP contribution in [0, 0.1) is 3.57 Å². The van der Waals surface area contributed by atoms with Gasteiger partial charge in [-0.25, -0.2) is 0 Å². The molecule has 0 aliphatic carbocycles. The van der Waals surface area contributed by atoms with Crippen molar-refractivity contribution in [2.75, 3.05) is 12.4 Å². The van der Waals surface area contributed by atoms with Crippen molar-refractivity contribution in [2.45, 2.75) is 0 Å². The molecule has 2 aromatic heterocycles. The SMILES string of the molecule is CNc1oc(-c2cccs2)c(O)c1-c1cccc(I)c1. The lowest BCUT2D eigenvalue weighted by Gasteiger charge is -2.03. The fourth-order valence-electron chi connectivity index (χ4n) is 2.09. The first-order chi connectivity index (χ1) is 9.70. The highest BCUT2D eigenvalue weighted by Crippen LogP contribution is 2.47. The van der Waals surface area contributed by atoms with Gasteiger partial charge in [0.25, 0.3) is 0 Å². The van der Waals surface area contributed by atoms with Gasteiger partial charge in [0, 0.05) is 10.6 Å². The Balaban J connectivity index is 2.20. The van der Waals surface area contributed by atoms with Crippen LogP contribution in [0.5, 0.6) is 5.75 Å². The predicted molar refractivity (Wildman–Crippen MR) is 91.4 cm³/mol. The molecule has 2 heterocycles. The second kappa shape index (κ2) is 5.49. The van der Waals surface area contributed by atoms with Crippen molar-refractivity contribution < 1.29 is 9.52 Å². The number of furan rings is 1. The molecule has 5 heteroatoms. The molecule has 3 nitrogen and oxygen atoms in total. The molecule has 3 rings (SSSR count). The third-order valence-electron chi connectivity index (χ3n) is 2.97. The molecule has 0 fully saturated rings. The fraction of sp³-hybridized carbons (Fsp3) is 0.0667. The number of benzene rings is 1. The zero-order valence-electron chi connectivity index (χ0n) is 10.7. The molecule has 0 amide bonds. The Kier molecular flexibility index (Phi) is 3.71. The predicted octanol–water partition coefficient (Wildman–Crippen LogP) is 5.03. The molecule has 0 bridgehead atoms. The van der Waals surface area contributed by atoms with Crippen LogP contribution in [0.25, 0.3) is 21.8 Å². The molecule has 0 radical (unpaired) electrons. The Hall–Kier alpha value is -1.47. The van der Waals surface area contributed by atoms with Gasteiger partial charge in [-0.2, -0.15) is 0 Å². The van der Waals surface area contributed by atoms with E-state index in [1.54, 1.807) is 7.05 Å². The van der Waals surface area contributed by atoms with Crippen LogP contribution in [0.15, 0.2) is 46.2 Å². The lowest BCUT2D eigenvalue weighted by molar-refractivity contribution is 0.467. The summed E-state index contributed by atoms with van der Waals surface area (Å²) in [5.41, 5.74) is 1.64. The number of thiophene rings is 1. The molecule has 20 heavy (non-hydrogen) atoms.